The van der Waals surface area contributed by atoms with E-state index in [0.29, 0.717) is 36.4 Å². The Kier molecular flexibility index (Phi) is 8.22. The van der Waals surface area contributed by atoms with Crippen LogP contribution in [-0.4, -0.2) is 55.8 Å². The molecule has 48 heavy (non-hydrogen) atoms. The van der Waals surface area contributed by atoms with E-state index < -0.39 is 0 Å². The average molecular weight is 642 g/mol. The lowest BCUT2D eigenvalue weighted by Crippen LogP contribution is -2.31. The number of aromatic nitrogens is 4. The average Bonchev–Trinajstić information content (AvgIpc) is 3.91. The van der Waals surface area contributed by atoms with Crippen LogP contribution in [-0.2, 0) is 4.79 Å². The summed E-state index contributed by atoms with van der Waals surface area (Å²) >= 11 is 0. The van der Waals surface area contributed by atoms with Gasteiger partial charge in [0.1, 0.15) is 17.3 Å². The van der Waals surface area contributed by atoms with Crippen molar-refractivity contribution < 1.29 is 4.79 Å². The van der Waals surface area contributed by atoms with Gasteiger partial charge in [0, 0.05) is 30.6 Å². The SMILES string of the molecule is CC(C)CC(=O)N1CCC[C@H]1c1ncc(-c2ccc(-c3ccc(C#Cc4cnc(C5CCCN5C)[nH]4)c4c3C3CC(C)CC4N3)cc2)[nH]1. The van der Waals surface area contributed by atoms with Crippen molar-refractivity contribution in [3.63, 3.8) is 0 Å². The molecule has 5 atom stereocenters. The van der Waals surface area contributed by atoms with Crippen LogP contribution in [0, 0.1) is 23.7 Å². The monoisotopic (exact) mass is 641 g/mol. The minimum absolute atomic E-state index is 0.0343. The first-order valence-corrected chi connectivity index (χ1v) is 18.0. The van der Waals surface area contributed by atoms with Gasteiger partial charge in [-0.2, -0.15) is 0 Å². The van der Waals surface area contributed by atoms with E-state index in [2.05, 4.69) is 101 Å². The molecule has 2 bridgehead atoms. The second-order valence-electron chi connectivity index (χ2n) is 15.0. The Morgan fingerprint density at radius 3 is 2.35 bits per heavy atom. The van der Waals surface area contributed by atoms with Gasteiger partial charge in [-0.1, -0.05) is 57.0 Å². The van der Waals surface area contributed by atoms with Crippen LogP contribution >= 0.6 is 0 Å². The van der Waals surface area contributed by atoms with Crippen LogP contribution in [0.25, 0.3) is 22.4 Å². The maximum Gasteiger partial charge on any atom is 0.223 e. The van der Waals surface area contributed by atoms with E-state index >= 15 is 0 Å². The Bertz CT molecular complexity index is 1870. The largest absolute Gasteiger partial charge is 0.340 e. The molecule has 1 amide bonds. The van der Waals surface area contributed by atoms with Crippen LogP contribution in [0.15, 0.2) is 48.8 Å². The third-order valence-corrected chi connectivity index (χ3v) is 11.0. The van der Waals surface area contributed by atoms with E-state index in [0.717, 1.165) is 79.4 Å². The molecule has 4 aliphatic rings. The standard InChI is InChI=1S/C40H47N7O/c1-24(2)19-36(48)47-18-6-8-35(47)40-42-23-33(45-40)27-11-9-26(10-12-27)30-16-14-28(37-31-20-25(3)21-32(44-31)38(30)37)13-15-29-22-41-39(43-29)34-7-5-17-46(34)4/h9-12,14,16,22-25,31-32,34-35,44H,5-8,17-21H2,1-4H3,(H,41,43)(H,42,45)/t25?,31?,32?,34?,35-/m0/s1. The first kappa shape index (κ1) is 31.1. The maximum absolute atomic E-state index is 12.9. The van der Waals surface area contributed by atoms with Crippen molar-refractivity contribution in [3.05, 3.63) is 82.8 Å². The molecule has 0 radical (unpaired) electrons. The second kappa shape index (κ2) is 12.7. The smallest absolute Gasteiger partial charge is 0.223 e. The summed E-state index contributed by atoms with van der Waals surface area (Å²) in [6.45, 7) is 8.51. The molecular formula is C40H47N7O. The number of nitrogens with one attached hydrogen (secondary N) is 3. The number of nitrogens with zero attached hydrogens (tertiary/aromatic N) is 4. The maximum atomic E-state index is 12.9. The fraction of sp³-hybridized carbons (Fsp3) is 0.475. The number of aromatic amines is 2. The van der Waals surface area contributed by atoms with E-state index in [1.165, 1.54) is 28.7 Å². The van der Waals surface area contributed by atoms with Crippen molar-refractivity contribution in [2.45, 2.75) is 89.9 Å². The summed E-state index contributed by atoms with van der Waals surface area (Å²) in [6.07, 6.45) is 11.0. The molecule has 6 heterocycles. The van der Waals surface area contributed by atoms with Crippen LogP contribution in [0.1, 0.15) is 124 Å². The minimum atomic E-state index is 0.0343. The lowest BCUT2D eigenvalue weighted by Gasteiger charge is -2.27. The molecule has 0 saturated carbocycles. The molecule has 8 nitrogen and oxygen atoms in total. The number of fused-ring (bicyclic) bond motifs is 5. The predicted molar refractivity (Wildman–Crippen MR) is 189 cm³/mol. The van der Waals surface area contributed by atoms with Crippen molar-refractivity contribution in [2.75, 3.05) is 20.1 Å². The molecule has 2 aromatic heterocycles. The van der Waals surface area contributed by atoms with Gasteiger partial charge >= 0.3 is 0 Å². The number of likely N-dealkylation sites (tertiary alicyclic amines) is 2. The highest BCUT2D eigenvalue weighted by atomic mass is 16.2. The molecule has 8 rings (SSSR count). The molecule has 4 aromatic rings. The summed E-state index contributed by atoms with van der Waals surface area (Å²) in [5.41, 5.74) is 9.39. The Morgan fingerprint density at radius 2 is 1.58 bits per heavy atom. The fourth-order valence-corrected chi connectivity index (χ4v) is 8.69. The summed E-state index contributed by atoms with van der Waals surface area (Å²) in [5, 5.41) is 3.93. The van der Waals surface area contributed by atoms with Crippen LogP contribution in [0.5, 0.6) is 0 Å². The van der Waals surface area contributed by atoms with Gasteiger partial charge < -0.3 is 20.2 Å². The molecule has 3 N–H and O–H groups in total. The van der Waals surface area contributed by atoms with Gasteiger partial charge in [0.15, 0.2) is 0 Å². The Balaban J connectivity index is 1.06. The third kappa shape index (κ3) is 5.77. The van der Waals surface area contributed by atoms with E-state index in [1.54, 1.807) is 0 Å². The zero-order valence-electron chi connectivity index (χ0n) is 28.6. The van der Waals surface area contributed by atoms with Gasteiger partial charge in [-0.15, -0.1) is 0 Å². The topological polar surface area (TPSA) is 92.9 Å². The van der Waals surface area contributed by atoms with Crippen LogP contribution < -0.4 is 5.32 Å². The summed E-state index contributed by atoms with van der Waals surface area (Å²) in [4.78, 5) is 33.8. The number of carbonyl (C=O) groups is 1. The summed E-state index contributed by atoms with van der Waals surface area (Å²) in [6, 6.07) is 14.4. The number of hydrogen-bond acceptors (Lipinski definition) is 5. The van der Waals surface area contributed by atoms with Gasteiger partial charge in [-0.3, -0.25) is 9.69 Å². The van der Waals surface area contributed by atoms with Crippen molar-refractivity contribution in [3.8, 4) is 34.2 Å². The van der Waals surface area contributed by atoms with Crippen LogP contribution in [0.4, 0.5) is 0 Å². The lowest BCUT2D eigenvalue weighted by molar-refractivity contribution is -0.133. The molecule has 8 heteroatoms. The van der Waals surface area contributed by atoms with Gasteiger partial charge in [-0.05, 0) is 104 Å². The van der Waals surface area contributed by atoms with Crippen molar-refractivity contribution in [1.82, 2.24) is 35.1 Å². The molecule has 248 valence electrons. The molecule has 0 spiro atoms. The molecule has 4 aliphatic heterocycles. The molecular weight excluding hydrogens is 594 g/mol. The van der Waals surface area contributed by atoms with Crippen molar-refractivity contribution in [2.24, 2.45) is 11.8 Å². The number of carbonyl (C=O) groups excluding carboxylic acids is 1. The summed E-state index contributed by atoms with van der Waals surface area (Å²) in [7, 11) is 2.17. The Morgan fingerprint density at radius 1 is 0.875 bits per heavy atom. The van der Waals surface area contributed by atoms with E-state index in [4.69, 9.17) is 4.98 Å². The Labute approximate surface area is 284 Å². The fourth-order valence-electron chi connectivity index (χ4n) is 8.69. The van der Waals surface area contributed by atoms with Crippen molar-refractivity contribution in [1.29, 1.82) is 0 Å². The third-order valence-electron chi connectivity index (χ3n) is 11.0. The number of hydrogen-bond donors (Lipinski definition) is 3. The summed E-state index contributed by atoms with van der Waals surface area (Å²) < 4.78 is 0. The minimum Gasteiger partial charge on any atom is -0.340 e. The lowest BCUT2D eigenvalue weighted by atomic mass is 9.89. The number of imidazole rings is 2. The first-order valence-electron chi connectivity index (χ1n) is 18.0. The number of benzene rings is 2. The predicted octanol–water partition coefficient (Wildman–Crippen LogP) is 7.46. The number of piperidine rings is 1. The Hall–Kier alpha value is -4.19. The quantitative estimate of drug-likeness (QED) is 0.190. The number of amides is 1. The van der Waals surface area contributed by atoms with Crippen LogP contribution in [0.2, 0.25) is 0 Å². The normalized spacial score (nSPS) is 25.0. The van der Waals surface area contributed by atoms with E-state index in [1.807, 2.05) is 17.3 Å². The zero-order valence-corrected chi connectivity index (χ0v) is 28.6. The van der Waals surface area contributed by atoms with Crippen LogP contribution in [0.3, 0.4) is 0 Å². The highest BCUT2D eigenvalue weighted by Gasteiger charge is 2.40. The van der Waals surface area contributed by atoms with Gasteiger partial charge in [0.05, 0.1) is 30.2 Å². The van der Waals surface area contributed by atoms with Gasteiger partial charge in [0.2, 0.25) is 5.91 Å². The van der Waals surface area contributed by atoms with E-state index in [9.17, 15) is 4.79 Å². The highest BCUT2D eigenvalue weighted by Crippen LogP contribution is 2.50. The zero-order chi connectivity index (χ0) is 32.9. The molecule has 3 saturated heterocycles. The highest BCUT2D eigenvalue weighted by molar-refractivity contribution is 5.77. The number of rotatable bonds is 6. The molecule has 0 aliphatic carbocycles. The van der Waals surface area contributed by atoms with Gasteiger partial charge in [-0.25, -0.2) is 9.97 Å². The van der Waals surface area contributed by atoms with E-state index in [-0.39, 0.29) is 11.9 Å². The number of H-pyrrole nitrogens is 2. The first-order chi connectivity index (χ1) is 23.3. The molecule has 2 aromatic carbocycles. The molecule has 3 fully saturated rings. The second-order valence-corrected chi connectivity index (χ2v) is 15.0. The summed E-state index contributed by atoms with van der Waals surface area (Å²) in [5.74, 6) is 10.1. The molecule has 4 unspecified atom stereocenters. The van der Waals surface area contributed by atoms with Crippen molar-refractivity contribution >= 4 is 5.91 Å². The van der Waals surface area contributed by atoms with Gasteiger partial charge in [0.25, 0.3) is 0 Å².